The number of carbonyl (C=O) groups excluding carboxylic acids is 1. The highest BCUT2D eigenvalue weighted by atomic mass is 79.9. The molecular weight excluding hydrogens is 370 g/mol. The molecule has 6 nitrogen and oxygen atoms in total. The van der Waals surface area contributed by atoms with E-state index in [0.717, 1.165) is 0 Å². The van der Waals surface area contributed by atoms with E-state index in [-0.39, 0.29) is 16.1 Å². The lowest BCUT2D eigenvalue weighted by Crippen LogP contribution is -2.46. The van der Waals surface area contributed by atoms with Crippen molar-refractivity contribution in [3.05, 3.63) is 21.9 Å². The molecule has 0 saturated heterocycles. The third kappa shape index (κ3) is 4.69. The molecule has 2 N–H and O–H groups in total. The monoisotopic (exact) mass is 383 g/mol. The minimum absolute atomic E-state index is 0.0782. The van der Waals surface area contributed by atoms with Gasteiger partial charge in [0, 0.05) is 16.7 Å². The average molecular weight is 385 g/mol. The Morgan fingerprint density at radius 1 is 1.40 bits per heavy atom. The van der Waals surface area contributed by atoms with Gasteiger partial charge in [-0.2, -0.15) is 4.72 Å². The van der Waals surface area contributed by atoms with Gasteiger partial charge in [-0.3, -0.25) is 4.79 Å². The van der Waals surface area contributed by atoms with Crippen molar-refractivity contribution < 1.29 is 13.2 Å². The Morgan fingerprint density at radius 3 is 2.55 bits per heavy atom. The van der Waals surface area contributed by atoms with Crippen molar-refractivity contribution in [3.8, 4) is 0 Å². The molecule has 0 aliphatic rings. The van der Waals surface area contributed by atoms with E-state index in [4.69, 9.17) is 11.6 Å². The fraction of sp³-hybridized carbons (Fsp3) is 0.455. The van der Waals surface area contributed by atoms with Crippen molar-refractivity contribution in [2.45, 2.75) is 37.8 Å². The highest BCUT2D eigenvalue weighted by molar-refractivity contribution is 9.10. The Morgan fingerprint density at radius 2 is 2.00 bits per heavy atom. The first-order chi connectivity index (χ1) is 9.13. The quantitative estimate of drug-likeness (QED) is 0.756. The van der Waals surface area contributed by atoms with Crippen LogP contribution in [0.15, 0.2) is 21.6 Å². The molecule has 0 aromatic carbocycles. The molecule has 1 amide bonds. The highest BCUT2D eigenvalue weighted by Gasteiger charge is 2.25. The minimum Gasteiger partial charge on any atom is -0.353 e. The summed E-state index contributed by atoms with van der Waals surface area (Å²) in [6.07, 6.45) is 1.39. The third-order valence-electron chi connectivity index (χ3n) is 2.22. The number of pyridine rings is 1. The van der Waals surface area contributed by atoms with E-state index >= 15 is 0 Å². The van der Waals surface area contributed by atoms with Crippen LogP contribution in [0.1, 0.15) is 20.8 Å². The molecule has 0 saturated carbocycles. The van der Waals surface area contributed by atoms with E-state index in [9.17, 15) is 13.2 Å². The first kappa shape index (κ1) is 17.4. The van der Waals surface area contributed by atoms with E-state index in [2.05, 4.69) is 31.0 Å². The van der Waals surface area contributed by atoms with Gasteiger partial charge in [-0.15, -0.1) is 0 Å². The molecule has 0 radical (unpaired) electrons. The molecule has 1 heterocycles. The van der Waals surface area contributed by atoms with E-state index in [1.165, 1.54) is 19.2 Å². The van der Waals surface area contributed by atoms with E-state index in [0.29, 0.717) is 4.47 Å². The summed E-state index contributed by atoms with van der Waals surface area (Å²) < 4.78 is 27.1. The van der Waals surface area contributed by atoms with Crippen molar-refractivity contribution in [2.24, 2.45) is 0 Å². The molecule has 112 valence electrons. The zero-order valence-corrected chi connectivity index (χ0v) is 14.3. The smallest absolute Gasteiger partial charge is 0.244 e. The molecule has 1 rings (SSSR count). The predicted molar refractivity (Wildman–Crippen MR) is 80.0 cm³/mol. The average Bonchev–Trinajstić information content (AvgIpc) is 2.30. The molecule has 1 aromatic heterocycles. The zero-order valence-electron chi connectivity index (χ0n) is 11.1. The summed E-state index contributed by atoms with van der Waals surface area (Å²) in [6.45, 7) is 5.02. The summed E-state index contributed by atoms with van der Waals surface area (Å²) in [6, 6.07) is 0.327. The standard InChI is InChI=1S/C11H15BrClN3O3S/c1-6(2)15-11(17)7(3)16-20(18,19)9-4-8(12)5-14-10(9)13/h4-7,16H,1-3H3,(H,15,17). The van der Waals surface area contributed by atoms with Crippen LogP contribution in [0.25, 0.3) is 0 Å². The topological polar surface area (TPSA) is 88.2 Å². The van der Waals surface area contributed by atoms with Gasteiger partial charge in [0.1, 0.15) is 10.0 Å². The predicted octanol–water partition coefficient (Wildman–Crippen LogP) is 1.69. The Balaban J connectivity index is 2.95. The molecule has 9 heteroatoms. The molecule has 1 atom stereocenters. The van der Waals surface area contributed by atoms with Gasteiger partial charge in [0.15, 0.2) is 0 Å². The van der Waals surface area contributed by atoms with Crippen LogP contribution in [0.5, 0.6) is 0 Å². The first-order valence-corrected chi connectivity index (χ1v) is 8.42. The number of rotatable bonds is 5. The maximum absolute atomic E-state index is 12.2. The van der Waals surface area contributed by atoms with Gasteiger partial charge < -0.3 is 5.32 Å². The number of aromatic nitrogens is 1. The number of amides is 1. The summed E-state index contributed by atoms with van der Waals surface area (Å²) >= 11 is 8.90. The largest absolute Gasteiger partial charge is 0.353 e. The van der Waals surface area contributed by atoms with Gasteiger partial charge in [-0.1, -0.05) is 11.6 Å². The Kier molecular flexibility index (Phi) is 5.93. The van der Waals surface area contributed by atoms with E-state index in [1.807, 2.05) is 0 Å². The third-order valence-corrected chi connectivity index (χ3v) is 4.62. The summed E-state index contributed by atoms with van der Waals surface area (Å²) in [5.74, 6) is -0.414. The van der Waals surface area contributed by atoms with Crippen molar-refractivity contribution in [3.63, 3.8) is 0 Å². The SMILES string of the molecule is CC(C)NC(=O)C(C)NS(=O)(=O)c1cc(Br)cnc1Cl. The maximum atomic E-state index is 12.2. The lowest BCUT2D eigenvalue weighted by molar-refractivity contribution is -0.122. The zero-order chi connectivity index (χ0) is 15.5. The molecule has 20 heavy (non-hydrogen) atoms. The number of halogens is 2. The fourth-order valence-electron chi connectivity index (χ4n) is 1.35. The van der Waals surface area contributed by atoms with Crippen LogP contribution in [0, 0.1) is 0 Å². The summed E-state index contributed by atoms with van der Waals surface area (Å²) in [7, 11) is -3.93. The van der Waals surface area contributed by atoms with Gasteiger partial charge in [0.2, 0.25) is 15.9 Å². The summed E-state index contributed by atoms with van der Waals surface area (Å²) in [5, 5.41) is 2.46. The molecule has 0 aliphatic heterocycles. The summed E-state index contributed by atoms with van der Waals surface area (Å²) in [5.41, 5.74) is 0. The lowest BCUT2D eigenvalue weighted by atomic mass is 10.3. The van der Waals surface area contributed by atoms with Crippen LogP contribution in [0.2, 0.25) is 5.15 Å². The number of hydrogen-bond acceptors (Lipinski definition) is 4. The number of nitrogens with one attached hydrogen (secondary N) is 2. The van der Waals surface area contributed by atoms with Crippen LogP contribution in [-0.4, -0.2) is 31.4 Å². The van der Waals surface area contributed by atoms with Crippen LogP contribution in [0.4, 0.5) is 0 Å². The number of carbonyl (C=O) groups is 1. The number of sulfonamides is 1. The molecule has 0 spiro atoms. The van der Waals surface area contributed by atoms with Gasteiger partial charge in [0.25, 0.3) is 0 Å². The normalized spacial score (nSPS) is 13.3. The minimum atomic E-state index is -3.93. The molecule has 0 fully saturated rings. The molecule has 1 aromatic rings. The van der Waals surface area contributed by atoms with Gasteiger partial charge in [-0.25, -0.2) is 13.4 Å². The lowest BCUT2D eigenvalue weighted by Gasteiger charge is -2.16. The van der Waals surface area contributed by atoms with Gasteiger partial charge in [0.05, 0.1) is 6.04 Å². The van der Waals surface area contributed by atoms with Gasteiger partial charge >= 0.3 is 0 Å². The van der Waals surface area contributed by atoms with Crippen LogP contribution in [0.3, 0.4) is 0 Å². The van der Waals surface area contributed by atoms with Crippen molar-refractivity contribution in [1.29, 1.82) is 0 Å². The second-order valence-corrected chi connectivity index (χ2v) is 7.40. The number of hydrogen-bond donors (Lipinski definition) is 2. The number of nitrogens with zero attached hydrogens (tertiary/aromatic N) is 1. The van der Waals surface area contributed by atoms with Crippen LogP contribution < -0.4 is 10.0 Å². The van der Waals surface area contributed by atoms with Crippen LogP contribution >= 0.6 is 27.5 Å². The molecule has 1 unspecified atom stereocenters. The van der Waals surface area contributed by atoms with E-state index in [1.54, 1.807) is 13.8 Å². The Labute approximate surface area is 131 Å². The van der Waals surface area contributed by atoms with Crippen LogP contribution in [-0.2, 0) is 14.8 Å². The summed E-state index contributed by atoms with van der Waals surface area (Å²) in [4.78, 5) is 15.3. The Hall–Kier alpha value is -0.700. The molecule has 0 aliphatic carbocycles. The first-order valence-electron chi connectivity index (χ1n) is 5.77. The molecule has 0 bridgehead atoms. The van der Waals surface area contributed by atoms with Crippen molar-refractivity contribution in [2.75, 3.05) is 0 Å². The van der Waals surface area contributed by atoms with E-state index < -0.39 is 22.0 Å². The maximum Gasteiger partial charge on any atom is 0.244 e. The van der Waals surface area contributed by atoms with Crippen molar-refractivity contribution >= 4 is 43.5 Å². The van der Waals surface area contributed by atoms with Gasteiger partial charge in [-0.05, 0) is 42.8 Å². The highest BCUT2D eigenvalue weighted by Crippen LogP contribution is 2.22. The Bertz CT molecular complexity index is 607. The van der Waals surface area contributed by atoms with Crippen molar-refractivity contribution in [1.82, 2.24) is 15.0 Å². The second kappa shape index (κ2) is 6.84. The molecular formula is C11H15BrClN3O3S. The fourth-order valence-corrected chi connectivity index (χ4v) is 3.50. The second-order valence-electron chi connectivity index (χ2n) is 4.45.